The van der Waals surface area contributed by atoms with Crippen LogP contribution in [0, 0.1) is 0 Å². The lowest BCUT2D eigenvalue weighted by molar-refractivity contribution is 0.0291. The number of amides is 1. The fourth-order valence-corrected chi connectivity index (χ4v) is 4.53. The molecule has 10 nitrogen and oxygen atoms in total. The Morgan fingerprint density at radius 2 is 2.09 bits per heavy atom. The maximum Gasteiger partial charge on any atom is 0.251 e. The van der Waals surface area contributed by atoms with Gasteiger partial charge in [0.05, 0.1) is 45.1 Å². The molecular weight excluding hydrogens is 450 g/mol. The van der Waals surface area contributed by atoms with Crippen molar-refractivity contribution in [1.29, 1.82) is 0 Å². The van der Waals surface area contributed by atoms with E-state index < -0.39 is 0 Å². The number of ether oxygens (including phenoxy) is 3. The van der Waals surface area contributed by atoms with Gasteiger partial charge in [0.15, 0.2) is 11.5 Å². The van der Waals surface area contributed by atoms with Gasteiger partial charge >= 0.3 is 0 Å². The van der Waals surface area contributed by atoms with Crippen molar-refractivity contribution in [2.45, 2.75) is 51.6 Å². The molecule has 1 fully saturated rings. The standard InChI is InChI=1S/C25H31N5O5/c1-3-4-19-6-7-20(35-19)13-29-14-21-24(15-29)34-16-18-12-30(28-27-18)9-10-33-23-11-17(25(31)26-21)5-8-22(23)32-2/h5-8,11-12,21,24H,3-4,9-10,13-16H2,1-2H3,(H,26,31)/t21-,24-/m0/s1. The van der Waals surface area contributed by atoms with Crippen LogP contribution in [0.1, 0.15) is 40.9 Å². The zero-order valence-electron chi connectivity index (χ0n) is 20.1. The first-order valence-corrected chi connectivity index (χ1v) is 12.0. The minimum absolute atomic E-state index is 0.180. The second kappa shape index (κ2) is 10.5. The maximum absolute atomic E-state index is 13.2. The molecule has 1 N–H and O–H groups in total. The van der Waals surface area contributed by atoms with Gasteiger partial charge in [-0.25, -0.2) is 4.68 Å². The van der Waals surface area contributed by atoms with Crippen LogP contribution >= 0.6 is 0 Å². The molecule has 2 aliphatic rings. The average molecular weight is 482 g/mol. The van der Waals surface area contributed by atoms with E-state index in [1.165, 1.54) is 0 Å². The highest BCUT2D eigenvalue weighted by Gasteiger charge is 2.35. The Bertz CT molecular complexity index is 1160. The number of methoxy groups -OCH3 is 1. The molecule has 0 unspecified atom stereocenters. The highest BCUT2D eigenvalue weighted by atomic mass is 16.5. The topological polar surface area (TPSA) is 104 Å². The molecule has 0 spiro atoms. The fourth-order valence-electron chi connectivity index (χ4n) is 4.53. The van der Waals surface area contributed by atoms with E-state index in [-0.39, 0.29) is 18.1 Å². The smallest absolute Gasteiger partial charge is 0.251 e. The van der Waals surface area contributed by atoms with Crippen LogP contribution in [-0.2, 0) is 30.9 Å². The quantitative estimate of drug-likeness (QED) is 0.593. The van der Waals surface area contributed by atoms with Crippen molar-refractivity contribution in [3.63, 3.8) is 0 Å². The Morgan fingerprint density at radius 1 is 1.20 bits per heavy atom. The maximum atomic E-state index is 13.2. The number of carbonyl (C=O) groups excluding carboxylic acids is 1. The molecule has 35 heavy (non-hydrogen) atoms. The van der Waals surface area contributed by atoms with E-state index in [1.807, 2.05) is 18.3 Å². The summed E-state index contributed by atoms with van der Waals surface area (Å²) in [5.41, 5.74) is 1.24. The Hall–Kier alpha value is -3.37. The van der Waals surface area contributed by atoms with Crippen molar-refractivity contribution in [3.05, 3.63) is 59.3 Å². The zero-order chi connectivity index (χ0) is 24.2. The largest absolute Gasteiger partial charge is 0.493 e. The normalized spacial score (nSPS) is 20.9. The van der Waals surface area contributed by atoms with Gasteiger partial charge in [0.2, 0.25) is 0 Å². The number of carbonyl (C=O) groups is 1. The van der Waals surface area contributed by atoms with Gasteiger partial charge in [-0.3, -0.25) is 9.69 Å². The van der Waals surface area contributed by atoms with Crippen molar-refractivity contribution < 1.29 is 23.4 Å². The molecule has 2 aliphatic heterocycles. The number of nitrogens with one attached hydrogen (secondary N) is 1. The first-order valence-electron chi connectivity index (χ1n) is 12.0. The molecule has 1 aromatic carbocycles. The van der Waals surface area contributed by atoms with E-state index in [0.717, 1.165) is 30.1 Å². The third-order valence-corrected chi connectivity index (χ3v) is 6.29. The van der Waals surface area contributed by atoms with Crippen molar-refractivity contribution in [1.82, 2.24) is 25.2 Å². The van der Waals surface area contributed by atoms with Crippen molar-refractivity contribution in [2.75, 3.05) is 26.8 Å². The number of hydrogen-bond acceptors (Lipinski definition) is 8. The summed E-state index contributed by atoms with van der Waals surface area (Å²) in [6, 6.07) is 9.07. The minimum Gasteiger partial charge on any atom is -0.493 e. The van der Waals surface area contributed by atoms with Crippen LogP contribution in [0.5, 0.6) is 11.5 Å². The number of likely N-dealkylation sites (tertiary alicyclic amines) is 1. The molecule has 2 atom stereocenters. The molecule has 2 aromatic heterocycles. The van der Waals surface area contributed by atoms with Gasteiger partial charge < -0.3 is 23.9 Å². The lowest BCUT2D eigenvalue weighted by Crippen LogP contribution is -2.44. The highest BCUT2D eigenvalue weighted by molar-refractivity contribution is 5.95. The molecule has 5 rings (SSSR count). The van der Waals surface area contributed by atoms with Gasteiger partial charge in [-0.2, -0.15) is 0 Å². The zero-order valence-corrected chi connectivity index (χ0v) is 20.1. The summed E-state index contributed by atoms with van der Waals surface area (Å²) in [6.07, 6.45) is 3.63. The van der Waals surface area contributed by atoms with Gasteiger partial charge in [0.25, 0.3) is 5.91 Å². The predicted molar refractivity (Wildman–Crippen MR) is 126 cm³/mol. The van der Waals surface area contributed by atoms with Crippen molar-refractivity contribution in [2.24, 2.45) is 0 Å². The molecular formula is C25H31N5O5. The first kappa shape index (κ1) is 23.4. The fraction of sp³-hybridized carbons (Fsp3) is 0.480. The van der Waals surface area contributed by atoms with Gasteiger partial charge in [-0.1, -0.05) is 12.1 Å². The Kier molecular flexibility index (Phi) is 7.01. The van der Waals surface area contributed by atoms with Gasteiger partial charge in [0.1, 0.15) is 23.8 Å². The van der Waals surface area contributed by atoms with Crippen LogP contribution in [0.4, 0.5) is 0 Å². The summed E-state index contributed by atoms with van der Waals surface area (Å²) in [4.78, 5) is 15.4. The predicted octanol–water partition coefficient (Wildman–Crippen LogP) is 2.42. The molecule has 4 heterocycles. The highest BCUT2D eigenvalue weighted by Crippen LogP contribution is 2.28. The van der Waals surface area contributed by atoms with Crippen LogP contribution in [0.3, 0.4) is 0 Å². The molecule has 0 radical (unpaired) electrons. The number of hydrogen-bond donors (Lipinski definition) is 1. The van der Waals surface area contributed by atoms with E-state index in [9.17, 15) is 4.79 Å². The molecule has 1 amide bonds. The number of furan rings is 1. The van der Waals surface area contributed by atoms with E-state index >= 15 is 0 Å². The van der Waals surface area contributed by atoms with Crippen LogP contribution in [0.25, 0.3) is 0 Å². The summed E-state index contributed by atoms with van der Waals surface area (Å²) < 4.78 is 25.2. The van der Waals surface area contributed by atoms with Crippen LogP contribution in [-0.4, -0.2) is 64.8 Å². The van der Waals surface area contributed by atoms with Crippen LogP contribution < -0.4 is 14.8 Å². The lowest BCUT2D eigenvalue weighted by Gasteiger charge is -2.20. The number of rotatable bonds is 5. The van der Waals surface area contributed by atoms with Crippen LogP contribution in [0.15, 0.2) is 40.9 Å². The summed E-state index contributed by atoms with van der Waals surface area (Å²) in [5.74, 6) is 2.82. The molecule has 10 heteroatoms. The average Bonchev–Trinajstić information content (AvgIpc) is 3.58. The monoisotopic (exact) mass is 481 g/mol. The third-order valence-electron chi connectivity index (χ3n) is 6.29. The van der Waals surface area contributed by atoms with Gasteiger partial charge in [-0.05, 0) is 36.8 Å². The first-order chi connectivity index (χ1) is 17.1. The van der Waals surface area contributed by atoms with E-state index in [1.54, 1.807) is 30.0 Å². The van der Waals surface area contributed by atoms with E-state index in [4.69, 9.17) is 18.6 Å². The van der Waals surface area contributed by atoms with Gasteiger partial charge in [-0.15, -0.1) is 5.10 Å². The number of fused-ring (bicyclic) bond motifs is 5. The Labute approximate surface area is 204 Å². The van der Waals surface area contributed by atoms with Gasteiger partial charge in [0, 0.05) is 25.1 Å². The molecule has 0 aliphatic carbocycles. The van der Waals surface area contributed by atoms with Crippen molar-refractivity contribution >= 4 is 5.91 Å². The van der Waals surface area contributed by atoms with Crippen molar-refractivity contribution in [3.8, 4) is 11.5 Å². The number of aryl methyl sites for hydroxylation is 1. The van der Waals surface area contributed by atoms with E-state index in [2.05, 4.69) is 27.5 Å². The summed E-state index contributed by atoms with van der Waals surface area (Å²) in [6.45, 7) is 5.29. The molecule has 0 saturated carbocycles. The molecule has 3 aromatic rings. The second-order valence-electron chi connectivity index (χ2n) is 8.93. The third kappa shape index (κ3) is 5.49. The number of aromatic nitrogens is 3. The SMILES string of the molecule is CCCc1ccc(CN2C[C@@H]3NC(=O)c4ccc(OC)c(c4)OCCn4cc(nn4)CO[C@H]3C2)o1. The molecule has 186 valence electrons. The van der Waals surface area contributed by atoms with Crippen LogP contribution in [0.2, 0.25) is 0 Å². The Morgan fingerprint density at radius 3 is 2.94 bits per heavy atom. The molecule has 1 saturated heterocycles. The summed E-state index contributed by atoms with van der Waals surface area (Å²) in [5, 5.41) is 11.5. The minimum atomic E-state index is -0.201. The second-order valence-corrected chi connectivity index (χ2v) is 8.93. The lowest BCUT2D eigenvalue weighted by atomic mass is 10.1. The summed E-state index contributed by atoms with van der Waals surface area (Å²) in [7, 11) is 1.58. The summed E-state index contributed by atoms with van der Waals surface area (Å²) >= 11 is 0. The Balaban J connectivity index is 1.36. The van der Waals surface area contributed by atoms with E-state index in [0.29, 0.717) is 56.5 Å². The number of nitrogens with zero attached hydrogens (tertiary/aromatic N) is 4. The number of benzene rings is 1. The molecule has 4 bridgehead atoms.